The SMILES string of the molecule is C=CCC(C)NCc1cccc(C#N)c1. The molecule has 78 valence electrons. The molecule has 0 aliphatic heterocycles. The van der Waals surface area contributed by atoms with Crippen LogP contribution in [0, 0.1) is 11.3 Å². The Balaban J connectivity index is 2.50. The van der Waals surface area contributed by atoms with Crippen LogP contribution >= 0.6 is 0 Å². The van der Waals surface area contributed by atoms with Gasteiger partial charge in [0.2, 0.25) is 0 Å². The lowest BCUT2D eigenvalue weighted by molar-refractivity contribution is 0.554. The minimum Gasteiger partial charge on any atom is -0.310 e. The van der Waals surface area contributed by atoms with E-state index in [-0.39, 0.29) is 0 Å². The Labute approximate surface area is 91.2 Å². The van der Waals surface area contributed by atoms with Gasteiger partial charge in [-0.15, -0.1) is 6.58 Å². The van der Waals surface area contributed by atoms with Crippen molar-refractivity contribution in [1.82, 2.24) is 5.32 Å². The average molecular weight is 200 g/mol. The van der Waals surface area contributed by atoms with Crippen LogP contribution < -0.4 is 5.32 Å². The van der Waals surface area contributed by atoms with E-state index >= 15 is 0 Å². The summed E-state index contributed by atoms with van der Waals surface area (Å²) >= 11 is 0. The largest absolute Gasteiger partial charge is 0.310 e. The van der Waals surface area contributed by atoms with Crippen LogP contribution in [0.1, 0.15) is 24.5 Å². The fraction of sp³-hybridized carbons (Fsp3) is 0.308. The highest BCUT2D eigenvalue weighted by Gasteiger charge is 1.99. The van der Waals surface area contributed by atoms with Crippen molar-refractivity contribution in [2.45, 2.75) is 25.9 Å². The molecule has 1 N–H and O–H groups in total. The molecule has 1 atom stereocenters. The first kappa shape index (κ1) is 11.5. The average Bonchev–Trinajstić information content (AvgIpc) is 2.27. The van der Waals surface area contributed by atoms with Crippen LogP contribution in [0.3, 0.4) is 0 Å². The number of hydrogen-bond donors (Lipinski definition) is 1. The highest BCUT2D eigenvalue weighted by molar-refractivity contribution is 5.32. The van der Waals surface area contributed by atoms with E-state index in [0.29, 0.717) is 11.6 Å². The zero-order valence-corrected chi connectivity index (χ0v) is 9.03. The molecular formula is C13H16N2. The molecule has 0 heterocycles. The maximum Gasteiger partial charge on any atom is 0.0991 e. The lowest BCUT2D eigenvalue weighted by Gasteiger charge is -2.11. The summed E-state index contributed by atoms with van der Waals surface area (Å²) in [6.45, 7) is 6.62. The predicted molar refractivity (Wildman–Crippen MR) is 62.3 cm³/mol. The van der Waals surface area contributed by atoms with Gasteiger partial charge in [-0.25, -0.2) is 0 Å². The number of rotatable bonds is 5. The van der Waals surface area contributed by atoms with Crippen LogP contribution in [0.25, 0.3) is 0 Å². The van der Waals surface area contributed by atoms with Crippen LogP contribution in [0.15, 0.2) is 36.9 Å². The molecule has 0 saturated heterocycles. The van der Waals surface area contributed by atoms with E-state index in [9.17, 15) is 0 Å². The second kappa shape index (κ2) is 6.00. The van der Waals surface area contributed by atoms with Crippen LogP contribution in [-0.4, -0.2) is 6.04 Å². The molecule has 0 bridgehead atoms. The van der Waals surface area contributed by atoms with Crippen LogP contribution in [0.5, 0.6) is 0 Å². The second-order valence-electron chi connectivity index (χ2n) is 3.62. The Morgan fingerprint density at radius 3 is 3.07 bits per heavy atom. The Kier molecular flexibility index (Phi) is 4.59. The summed E-state index contributed by atoms with van der Waals surface area (Å²) in [5.41, 5.74) is 1.86. The van der Waals surface area contributed by atoms with Gasteiger partial charge < -0.3 is 5.32 Å². The molecule has 0 aliphatic carbocycles. The van der Waals surface area contributed by atoms with E-state index in [1.807, 2.05) is 30.3 Å². The van der Waals surface area contributed by atoms with E-state index in [1.165, 1.54) is 0 Å². The molecule has 1 rings (SSSR count). The number of nitrogens with one attached hydrogen (secondary N) is 1. The molecule has 15 heavy (non-hydrogen) atoms. The normalized spacial score (nSPS) is 11.7. The van der Waals surface area contributed by atoms with Gasteiger partial charge in [0.05, 0.1) is 11.6 Å². The van der Waals surface area contributed by atoms with Gasteiger partial charge in [0, 0.05) is 12.6 Å². The topological polar surface area (TPSA) is 35.8 Å². The van der Waals surface area contributed by atoms with Crippen LogP contribution in [0.2, 0.25) is 0 Å². The zero-order chi connectivity index (χ0) is 11.1. The van der Waals surface area contributed by atoms with E-state index in [4.69, 9.17) is 5.26 Å². The van der Waals surface area contributed by atoms with Gasteiger partial charge in [-0.3, -0.25) is 0 Å². The van der Waals surface area contributed by atoms with Crippen molar-refractivity contribution in [1.29, 1.82) is 5.26 Å². The van der Waals surface area contributed by atoms with Crippen LogP contribution in [0.4, 0.5) is 0 Å². The Bertz CT molecular complexity index is 363. The van der Waals surface area contributed by atoms with Gasteiger partial charge in [-0.1, -0.05) is 18.2 Å². The molecule has 0 aliphatic rings. The highest BCUT2D eigenvalue weighted by atomic mass is 14.9. The van der Waals surface area contributed by atoms with Gasteiger partial charge in [0.15, 0.2) is 0 Å². The third-order valence-corrected chi connectivity index (χ3v) is 2.23. The first-order valence-electron chi connectivity index (χ1n) is 5.09. The summed E-state index contributed by atoms with van der Waals surface area (Å²) in [4.78, 5) is 0. The van der Waals surface area contributed by atoms with Crippen molar-refractivity contribution < 1.29 is 0 Å². The standard InChI is InChI=1S/C13H16N2/c1-3-5-11(2)15-10-13-7-4-6-12(8-13)9-14/h3-4,6-8,11,15H,1,5,10H2,2H3. The molecular weight excluding hydrogens is 184 g/mol. The van der Waals surface area contributed by atoms with Crippen molar-refractivity contribution in [2.24, 2.45) is 0 Å². The highest BCUT2D eigenvalue weighted by Crippen LogP contribution is 2.04. The third-order valence-electron chi connectivity index (χ3n) is 2.23. The summed E-state index contributed by atoms with van der Waals surface area (Å²) in [6, 6.07) is 10.2. The van der Waals surface area contributed by atoms with Crippen molar-refractivity contribution in [3.8, 4) is 6.07 Å². The summed E-state index contributed by atoms with van der Waals surface area (Å²) in [6.07, 6.45) is 2.86. The Morgan fingerprint density at radius 1 is 1.60 bits per heavy atom. The summed E-state index contributed by atoms with van der Waals surface area (Å²) in [5.74, 6) is 0. The molecule has 0 aromatic heterocycles. The van der Waals surface area contributed by atoms with Crippen molar-refractivity contribution in [3.63, 3.8) is 0 Å². The third kappa shape index (κ3) is 3.97. The molecule has 0 spiro atoms. The Morgan fingerprint density at radius 2 is 2.40 bits per heavy atom. The molecule has 0 fully saturated rings. The number of hydrogen-bond acceptors (Lipinski definition) is 2. The minimum atomic E-state index is 0.424. The molecule has 1 aromatic rings. The van der Waals surface area contributed by atoms with Gasteiger partial charge in [0.25, 0.3) is 0 Å². The van der Waals surface area contributed by atoms with Gasteiger partial charge in [-0.2, -0.15) is 5.26 Å². The molecule has 2 nitrogen and oxygen atoms in total. The molecule has 0 amide bonds. The maximum atomic E-state index is 8.74. The summed E-state index contributed by atoms with van der Waals surface area (Å²) in [7, 11) is 0. The maximum absolute atomic E-state index is 8.74. The number of benzene rings is 1. The first-order chi connectivity index (χ1) is 7.26. The van der Waals surface area contributed by atoms with Gasteiger partial charge in [0.1, 0.15) is 0 Å². The van der Waals surface area contributed by atoms with Crippen molar-refractivity contribution in [3.05, 3.63) is 48.0 Å². The molecule has 0 saturated carbocycles. The zero-order valence-electron chi connectivity index (χ0n) is 9.03. The smallest absolute Gasteiger partial charge is 0.0991 e. The van der Waals surface area contributed by atoms with E-state index in [2.05, 4.69) is 24.9 Å². The first-order valence-corrected chi connectivity index (χ1v) is 5.09. The van der Waals surface area contributed by atoms with E-state index < -0.39 is 0 Å². The molecule has 0 radical (unpaired) electrons. The molecule has 1 aromatic carbocycles. The van der Waals surface area contributed by atoms with E-state index in [1.54, 1.807) is 0 Å². The summed E-state index contributed by atoms with van der Waals surface area (Å²) in [5, 5.41) is 12.1. The molecule has 2 heteroatoms. The fourth-order valence-electron chi connectivity index (χ4n) is 1.38. The van der Waals surface area contributed by atoms with Crippen LogP contribution in [-0.2, 0) is 6.54 Å². The quantitative estimate of drug-likeness (QED) is 0.742. The van der Waals surface area contributed by atoms with Crippen molar-refractivity contribution >= 4 is 0 Å². The van der Waals surface area contributed by atoms with E-state index in [0.717, 1.165) is 18.5 Å². The molecule has 1 unspecified atom stereocenters. The fourth-order valence-corrected chi connectivity index (χ4v) is 1.38. The van der Waals surface area contributed by atoms with Gasteiger partial charge >= 0.3 is 0 Å². The number of nitrogens with zero attached hydrogens (tertiary/aromatic N) is 1. The van der Waals surface area contributed by atoms with Gasteiger partial charge in [-0.05, 0) is 31.0 Å². The summed E-state index contributed by atoms with van der Waals surface area (Å²) < 4.78 is 0. The minimum absolute atomic E-state index is 0.424. The second-order valence-corrected chi connectivity index (χ2v) is 3.62. The number of nitriles is 1. The lowest BCUT2D eigenvalue weighted by Crippen LogP contribution is -2.24. The Hall–Kier alpha value is -1.59. The predicted octanol–water partition coefficient (Wildman–Crippen LogP) is 2.61. The lowest BCUT2D eigenvalue weighted by atomic mass is 10.1. The van der Waals surface area contributed by atoms with Crippen molar-refractivity contribution in [2.75, 3.05) is 0 Å². The monoisotopic (exact) mass is 200 g/mol.